The van der Waals surface area contributed by atoms with Crippen LogP contribution in [0.3, 0.4) is 0 Å². The Morgan fingerprint density at radius 2 is 1.69 bits per heavy atom. The summed E-state index contributed by atoms with van der Waals surface area (Å²) in [5.74, 6) is 0.862. The quantitative estimate of drug-likeness (QED) is 0.565. The molecule has 26 heavy (non-hydrogen) atoms. The van der Waals surface area contributed by atoms with Gasteiger partial charge in [0.05, 0.1) is 16.9 Å². The van der Waals surface area contributed by atoms with E-state index < -0.39 is 11.7 Å². The molecule has 0 bridgehead atoms. The molecule has 0 aliphatic heterocycles. The van der Waals surface area contributed by atoms with Crippen LogP contribution in [0, 0.1) is 0 Å². The van der Waals surface area contributed by atoms with E-state index in [1.165, 1.54) is 6.07 Å². The first-order valence-corrected chi connectivity index (χ1v) is 8.42. The van der Waals surface area contributed by atoms with E-state index in [0.717, 1.165) is 17.7 Å². The Balaban J connectivity index is 1.95. The standard InChI is InChI=1S/C18H14BrF3N4/c1-23-17-25-15(11-5-3-2-4-6-11)10-16(26-17)24-14-8-7-12(9-13(14)19)18(20,21)22/h2-10H,1H3,(H2,23,24,25,26). The van der Waals surface area contributed by atoms with Crippen LogP contribution in [-0.4, -0.2) is 17.0 Å². The third-order valence-electron chi connectivity index (χ3n) is 3.58. The van der Waals surface area contributed by atoms with Crippen molar-refractivity contribution in [3.8, 4) is 11.3 Å². The number of anilines is 3. The molecule has 3 aromatic rings. The maximum absolute atomic E-state index is 12.8. The summed E-state index contributed by atoms with van der Waals surface area (Å²) in [5.41, 5.74) is 1.34. The molecule has 2 N–H and O–H groups in total. The van der Waals surface area contributed by atoms with E-state index in [-0.39, 0.29) is 0 Å². The summed E-state index contributed by atoms with van der Waals surface area (Å²) in [7, 11) is 1.70. The van der Waals surface area contributed by atoms with Crippen LogP contribution in [0.15, 0.2) is 59.1 Å². The summed E-state index contributed by atoms with van der Waals surface area (Å²) < 4.78 is 38.7. The fourth-order valence-corrected chi connectivity index (χ4v) is 2.79. The van der Waals surface area contributed by atoms with Crippen LogP contribution in [0.1, 0.15) is 5.56 Å². The zero-order chi connectivity index (χ0) is 18.7. The third-order valence-corrected chi connectivity index (χ3v) is 4.23. The monoisotopic (exact) mass is 422 g/mol. The third kappa shape index (κ3) is 4.13. The number of hydrogen-bond donors (Lipinski definition) is 2. The Bertz CT molecular complexity index is 914. The van der Waals surface area contributed by atoms with Crippen LogP contribution in [0.4, 0.5) is 30.6 Å². The van der Waals surface area contributed by atoms with Crippen LogP contribution in [-0.2, 0) is 6.18 Å². The number of alkyl halides is 3. The van der Waals surface area contributed by atoms with Crippen molar-refractivity contribution in [2.75, 3.05) is 17.7 Å². The van der Waals surface area contributed by atoms with Gasteiger partial charge in [-0.2, -0.15) is 18.2 Å². The maximum Gasteiger partial charge on any atom is 0.416 e. The smallest absolute Gasteiger partial charge is 0.357 e. The fraction of sp³-hybridized carbons (Fsp3) is 0.111. The highest BCUT2D eigenvalue weighted by atomic mass is 79.9. The summed E-state index contributed by atoms with van der Waals surface area (Å²) in [5, 5.41) is 5.91. The minimum atomic E-state index is -4.39. The molecule has 134 valence electrons. The Labute approximate surface area is 156 Å². The van der Waals surface area contributed by atoms with Gasteiger partial charge in [-0.1, -0.05) is 30.3 Å². The molecule has 3 rings (SSSR count). The van der Waals surface area contributed by atoms with Crippen molar-refractivity contribution < 1.29 is 13.2 Å². The van der Waals surface area contributed by atoms with Crippen molar-refractivity contribution in [1.29, 1.82) is 0 Å². The summed E-state index contributed by atoms with van der Waals surface area (Å²) in [6.45, 7) is 0. The van der Waals surface area contributed by atoms with Crippen molar-refractivity contribution in [1.82, 2.24) is 9.97 Å². The Hall–Kier alpha value is -2.61. The molecular formula is C18H14BrF3N4. The van der Waals surface area contributed by atoms with Crippen molar-refractivity contribution in [3.05, 3.63) is 64.6 Å². The number of rotatable bonds is 4. The molecule has 4 nitrogen and oxygen atoms in total. The number of hydrogen-bond acceptors (Lipinski definition) is 4. The summed E-state index contributed by atoms with van der Waals surface area (Å²) >= 11 is 3.17. The number of benzene rings is 2. The lowest BCUT2D eigenvalue weighted by atomic mass is 10.1. The van der Waals surface area contributed by atoms with Crippen LogP contribution in [0.25, 0.3) is 11.3 Å². The van der Waals surface area contributed by atoms with E-state index in [2.05, 4.69) is 36.5 Å². The van der Waals surface area contributed by atoms with Gasteiger partial charge in [-0.15, -0.1) is 0 Å². The molecule has 0 aliphatic rings. The molecule has 0 unspecified atom stereocenters. The maximum atomic E-state index is 12.8. The van der Waals surface area contributed by atoms with Gasteiger partial charge in [0.2, 0.25) is 5.95 Å². The number of nitrogens with zero attached hydrogens (tertiary/aromatic N) is 2. The molecule has 0 atom stereocenters. The number of halogens is 4. The highest BCUT2D eigenvalue weighted by Crippen LogP contribution is 2.35. The Morgan fingerprint density at radius 1 is 0.962 bits per heavy atom. The Morgan fingerprint density at radius 3 is 2.31 bits per heavy atom. The van der Waals surface area contributed by atoms with Gasteiger partial charge >= 0.3 is 6.18 Å². The van der Waals surface area contributed by atoms with Crippen LogP contribution < -0.4 is 10.6 Å². The predicted octanol–water partition coefficient (Wildman–Crippen LogP) is 5.71. The van der Waals surface area contributed by atoms with Crippen LogP contribution >= 0.6 is 15.9 Å². The SMILES string of the molecule is CNc1nc(Nc2ccc(C(F)(F)F)cc2Br)cc(-c2ccccc2)n1. The van der Waals surface area contributed by atoms with Crippen molar-refractivity contribution in [2.24, 2.45) is 0 Å². The minimum absolute atomic E-state index is 0.290. The molecule has 1 heterocycles. The van der Waals surface area contributed by atoms with Gasteiger partial charge < -0.3 is 10.6 Å². The summed E-state index contributed by atoms with van der Waals surface area (Å²) in [6.07, 6.45) is -4.39. The van der Waals surface area contributed by atoms with E-state index in [4.69, 9.17) is 0 Å². The van der Waals surface area contributed by atoms with Gasteiger partial charge in [-0.3, -0.25) is 0 Å². The molecular weight excluding hydrogens is 409 g/mol. The molecule has 0 amide bonds. The van der Waals surface area contributed by atoms with Gasteiger partial charge in [0.1, 0.15) is 5.82 Å². The second-order valence-electron chi connectivity index (χ2n) is 5.40. The average molecular weight is 423 g/mol. The predicted molar refractivity (Wildman–Crippen MR) is 99.4 cm³/mol. The summed E-state index contributed by atoms with van der Waals surface area (Å²) in [4.78, 5) is 8.72. The molecule has 0 saturated heterocycles. The second kappa shape index (κ2) is 7.33. The average Bonchev–Trinajstić information content (AvgIpc) is 2.63. The second-order valence-corrected chi connectivity index (χ2v) is 6.25. The lowest BCUT2D eigenvalue weighted by Crippen LogP contribution is -2.06. The fourth-order valence-electron chi connectivity index (χ4n) is 2.31. The molecule has 8 heteroatoms. The van der Waals surface area contributed by atoms with Crippen molar-refractivity contribution in [3.63, 3.8) is 0 Å². The normalized spacial score (nSPS) is 11.3. The highest BCUT2D eigenvalue weighted by Gasteiger charge is 2.30. The lowest BCUT2D eigenvalue weighted by Gasteiger charge is -2.13. The Kier molecular flexibility index (Phi) is 5.13. The minimum Gasteiger partial charge on any atom is -0.357 e. The molecule has 0 spiro atoms. The topological polar surface area (TPSA) is 49.8 Å². The van der Waals surface area contributed by atoms with E-state index in [9.17, 15) is 13.2 Å². The van der Waals surface area contributed by atoms with Crippen LogP contribution in [0.5, 0.6) is 0 Å². The van der Waals surface area contributed by atoms with Crippen molar-refractivity contribution in [2.45, 2.75) is 6.18 Å². The van der Waals surface area contributed by atoms with Gasteiger partial charge in [-0.05, 0) is 34.1 Å². The molecule has 1 aromatic heterocycles. The van der Waals surface area contributed by atoms with E-state index in [1.54, 1.807) is 13.1 Å². The zero-order valence-electron chi connectivity index (χ0n) is 13.6. The van der Waals surface area contributed by atoms with Crippen molar-refractivity contribution >= 4 is 33.4 Å². The first-order valence-electron chi connectivity index (χ1n) is 7.63. The zero-order valence-corrected chi connectivity index (χ0v) is 15.2. The van der Waals surface area contributed by atoms with Gasteiger partial charge in [-0.25, -0.2) is 4.98 Å². The number of aromatic nitrogens is 2. The molecule has 0 aliphatic carbocycles. The van der Waals surface area contributed by atoms with E-state index >= 15 is 0 Å². The van der Waals surface area contributed by atoms with Gasteiger partial charge in [0.15, 0.2) is 0 Å². The first kappa shape index (κ1) is 18.2. The summed E-state index contributed by atoms with van der Waals surface area (Å²) in [6, 6.07) is 14.7. The van der Waals surface area contributed by atoms with Crippen LogP contribution in [0.2, 0.25) is 0 Å². The molecule has 2 aromatic carbocycles. The van der Waals surface area contributed by atoms with Gasteiger partial charge in [0, 0.05) is 23.2 Å². The highest BCUT2D eigenvalue weighted by molar-refractivity contribution is 9.10. The van der Waals surface area contributed by atoms with E-state index in [0.29, 0.717) is 27.6 Å². The molecule has 0 fully saturated rings. The lowest BCUT2D eigenvalue weighted by molar-refractivity contribution is -0.137. The largest absolute Gasteiger partial charge is 0.416 e. The van der Waals surface area contributed by atoms with Gasteiger partial charge in [0.25, 0.3) is 0 Å². The number of nitrogens with one attached hydrogen (secondary N) is 2. The van der Waals surface area contributed by atoms with E-state index in [1.807, 2.05) is 30.3 Å². The molecule has 0 saturated carbocycles. The first-order chi connectivity index (χ1) is 12.4. The molecule has 0 radical (unpaired) electrons.